The Morgan fingerprint density at radius 3 is 2.48 bits per heavy atom. The highest BCUT2D eigenvalue weighted by Gasteiger charge is 2.33. The number of hydrogen-bond acceptors (Lipinski definition) is 4. The summed E-state index contributed by atoms with van der Waals surface area (Å²) < 4.78 is 41.1. The van der Waals surface area contributed by atoms with Gasteiger partial charge in [-0.15, -0.1) is 0 Å². The number of halogens is 3. The number of nitrogens with zero attached hydrogens (tertiary/aromatic N) is 3. The molecule has 0 aliphatic rings. The lowest BCUT2D eigenvalue weighted by Crippen LogP contribution is -2.29. The molecule has 1 amide bonds. The topological polar surface area (TPSA) is 71.8 Å². The number of aromatic nitrogens is 3. The van der Waals surface area contributed by atoms with Crippen molar-refractivity contribution >= 4 is 22.8 Å². The molecule has 4 rings (SSSR count). The second-order valence-electron chi connectivity index (χ2n) is 7.36. The Balaban J connectivity index is 1.35. The molecule has 0 radical (unpaired) electrons. The fourth-order valence-electron chi connectivity index (χ4n) is 3.58. The lowest BCUT2D eigenvalue weighted by molar-refractivity contribution is -0.137. The van der Waals surface area contributed by atoms with Gasteiger partial charge < -0.3 is 10.6 Å². The minimum Gasteiger partial charge on any atom is -0.368 e. The molecule has 0 bridgehead atoms. The number of alkyl halides is 3. The van der Waals surface area contributed by atoms with Crippen LogP contribution in [0.15, 0.2) is 72.9 Å². The van der Waals surface area contributed by atoms with Crippen molar-refractivity contribution in [2.75, 3.05) is 18.4 Å². The number of pyridine rings is 1. The molecule has 2 N–H and O–H groups in total. The van der Waals surface area contributed by atoms with Gasteiger partial charge in [0.15, 0.2) is 0 Å². The average molecular weight is 453 g/mol. The van der Waals surface area contributed by atoms with Gasteiger partial charge in [0.25, 0.3) is 0 Å². The van der Waals surface area contributed by atoms with Gasteiger partial charge in [-0.1, -0.05) is 30.3 Å². The van der Waals surface area contributed by atoms with Crippen molar-refractivity contribution in [2.45, 2.75) is 19.0 Å². The molecule has 2 aromatic heterocycles. The van der Waals surface area contributed by atoms with Crippen LogP contribution in [0, 0.1) is 0 Å². The summed E-state index contributed by atoms with van der Waals surface area (Å²) in [5, 5.41) is 5.36. The molecule has 4 aromatic rings. The van der Waals surface area contributed by atoms with Crippen LogP contribution < -0.4 is 10.6 Å². The molecule has 6 nitrogen and oxygen atoms in total. The summed E-state index contributed by atoms with van der Waals surface area (Å²) in [6.07, 6.45) is -2.59. The van der Waals surface area contributed by atoms with Crippen molar-refractivity contribution in [3.8, 4) is 5.69 Å². The monoisotopic (exact) mass is 453 g/mol. The lowest BCUT2D eigenvalue weighted by Gasteiger charge is -2.13. The normalized spacial score (nSPS) is 11.5. The number of hydrogen-bond donors (Lipinski definition) is 2. The summed E-state index contributed by atoms with van der Waals surface area (Å²) in [5.74, 6) is 0.301. The Morgan fingerprint density at radius 2 is 1.70 bits per heavy atom. The number of anilines is 1. The number of aryl methyl sites for hydroxylation is 1. The molecule has 9 heteroatoms. The first kappa shape index (κ1) is 22.3. The largest absolute Gasteiger partial charge is 0.419 e. The van der Waals surface area contributed by atoms with Gasteiger partial charge in [-0.05, 0) is 36.4 Å². The second-order valence-corrected chi connectivity index (χ2v) is 7.36. The number of benzene rings is 2. The number of rotatable bonds is 8. The average Bonchev–Trinajstić information content (AvgIpc) is 3.19. The van der Waals surface area contributed by atoms with Gasteiger partial charge in [0.05, 0.1) is 16.6 Å². The van der Waals surface area contributed by atoms with E-state index in [1.807, 2.05) is 59.2 Å². The van der Waals surface area contributed by atoms with E-state index in [2.05, 4.69) is 20.6 Å². The van der Waals surface area contributed by atoms with Gasteiger partial charge in [-0.2, -0.15) is 13.2 Å². The first-order valence-corrected chi connectivity index (χ1v) is 10.5. The third-order valence-corrected chi connectivity index (χ3v) is 5.07. The minimum atomic E-state index is -4.50. The van der Waals surface area contributed by atoms with E-state index in [4.69, 9.17) is 0 Å². The number of nitrogens with one attached hydrogen (secondary N) is 2. The van der Waals surface area contributed by atoms with E-state index in [1.165, 1.54) is 12.3 Å². The molecule has 0 unspecified atom stereocenters. The van der Waals surface area contributed by atoms with Gasteiger partial charge in [-0.3, -0.25) is 9.36 Å². The van der Waals surface area contributed by atoms with Crippen LogP contribution in [0.2, 0.25) is 0 Å². The maximum absolute atomic E-state index is 13.0. The second kappa shape index (κ2) is 9.72. The Kier molecular flexibility index (Phi) is 6.58. The molecule has 33 heavy (non-hydrogen) atoms. The van der Waals surface area contributed by atoms with Crippen LogP contribution in [0.3, 0.4) is 0 Å². The summed E-state index contributed by atoms with van der Waals surface area (Å²) in [5.41, 5.74) is 1.92. The first-order chi connectivity index (χ1) is 15.9. The molecular formula is C24H22F3N5O. The number of carbonyl (C=O) groups is 1. The van der Waals surface area contributed by atoms with E-state index in [9.17, 15) is 18.0 Å². The van der Waals surface area contributed by atoms with Gasteiger partial charge in [-0.25, -0.2) is 9.97 Å². The summed E-state index contributed by atoms with van der Waals surface area (Å²) in [6, 6.07) is 19.8. The van der Waals surface area contributed by atoms with Gasteiger partial charge in [0, 0.05) is 37.8 Å². The molecule has 0 saturated heterocycles. The van der Waals surface area contributed by atoms with E-state index in [1.54, 1.807) is 0 Å². The van der Waals surface area contributed by atoms with E-state index in [0.717, 1.165) is 28.6 Å². The van der Waals surface area contributed by atoms with E-state index in [0.29, 0.717) is 6.42 Å². The van der Waals surface area contributed by atoms with Crippen molar-refractivity contribution in [1.82, 2.24) is 19.9 Å². The quantitative estimate of drug-likeness (QED) is 0.383. The highest BCUT2D eigenvalue weighted by Crippen LogP contribution is 2.33. The number of imidazole rings is 1. The SMILES string of the molecule is O=C(CCc1nc2ccccc2n1-c1ccccc1)NCCNc1ncccc1C(F)(F)F. The lowest BCUT2D eigenvalue weighted by atomic mass is 10.2. The fraction of sp³-hybridized carbons (Fsp3) is 0.208. The standard InChI is InChI=1S/C24H22F3N5O/c25-24(26,27)18-9-6-14-29-23(18)30-16-15-28-22(33)13-12-21-31-19-10-4-5-11-20(19)32(21)17-7-2-1-3-8-17/h1-11,14H,12-13,15-16H2,(H,28,33)(H,29,30). The van der Waals surface area contributed by atoms with E-state index < -0.39 is 11.7 Å². The molecule has 2 heterocycles. The Morgan fingerprint density at radius 1 is 0.939 bits per heavy atom. The first-order valence-electron chi connectivity index (χ1n) is 10.5. The van der Waals surface area contributed by atoms with Crippen LogP contribution in [-0.4, -0.2) is 33.5 Å². The van der Waals surface area contributed by atoms with Crippen LogP contribution in [-0.2, 0) is 17.4 Å². The third-order valence-electron chi connectivity index (χ3n) is 5.07. The highest BCUT2D eigenvalue weighted by molar-refractivity contribution is 5.79. The molecular weight excluding hydrogens is 431 g/mol. The summed E-state index contributed by atoms with van der Waals surface area (Å²) in [7, 11) is 0. The summed E-state index contributed by atoms with van der Waals surface area (Å²) in [4.78, 5) is 20.8. The maximum atomic E-state index is 13.0. The zero-order valence-corrected chi connectivity index (χ0v) is 17.6. The van der Waals surface area contributed by atoms with Crippen LogP contribution in [0.5, 0.6) is 0 Å². The number of amides is 1. The van der Waals surface area contributed by atoms with Crippen molar-refractivity contribution < 1.29 is 18.0 Å². The number of fused-ring (bicyclic) bond motifs is 1. The van der Waals surface area contributed by atoms with Gasteiger partial charge in [0.2, 0.25) is 5.91 Å². The molecule has 0 fully saturated rings. The molecule has 0 aliphatic carbocycles. The van der Waals surface area contributed by atoms with Crippen molar-refractivity contribution in [2.24, 2.45) is 0 Å². The number of carbonyl (C=O) groups excluding carboxylic acids is 1. The van der Waals surface area contributed by atoms with Crippen LogP contribution in [0.25, 0.3) is 16.7 Å². The predicted octanol–water partition coefficient (Wildman–Crippen LogP) is 4.60. The van der Waals surface area contributed by atoms with E-state index >= 15 is 0 Å². The zero-order chi connectivity index (χ0) is 23.3. The fourth-order valence-corrected chi connectivity index (χ4v) is 3.58. The zero-order valence-electron chi connectivity index (χ0n) is 17.6. The summed E-state index contributed by atoms with van der Waals surface area (Å²) >= 11 is 0. The minimum absolute atomic E-state index is 0.119. The smallest absolute Gasteiger partial charge is 0.368 e. The van der Waals surface area contributed by atoms with Gasteiger partial charge >= 0.3 is 6.18 Å². The Bertz CT molecular complexity index is 1240. The molecule has 0 aliphatic heterocycles. The van der Waals surface area contributed by atoms with Crippen LogP contribution in [0.1, 0.15) is 17.8 Å². The number of para-hydroxylation sites is 3. The summed E-state index contributed by atoms with van der Waals surface area (Å²) in [6.45, 7) is 0.288. The maximum Gasteiger partial charge on any atom is 0.419 e. The molecule has 0 atom stereocenters. The Hall–Kier alpha value is -3.88. The van der Waals surface area contributed by atoms with Gasteiger partial charge in [0.1, 0.15) is 11.6 Å². The third kappa shape index (κ3) is 5.31. The highest BCUT2D eigenvalue weighted by atomic mass is 19.4. The van der Waals surface area contributed by atoms with E-state index in [-0.39, 0.29) is 31.2 Å². The van der Waals surface area contributed by atoms with Crippen molar-refractivity contribution in [3.63, 3.8) is 0 Å². The molecule has 0 spiro atoms. The Labute approximate surface area is 188 Å². The van der Waals surface area contributed by atoms with Crippen LogP contribution in [0.4, 0.5) is 19.0 Å². The van der Waals surface area contributed by atoms with Crippen LogP contribution >= 0.6 is 0 Å². The molecule has 0 saturated carbocycles. The predicted molar refractivity (Wildman–Crippen MR) is 120 cm³/mol. The molecule has 2 aromatic carbocycles. The van der Waals surface area contributed by atoms with Crippen molar-refractivity contribution in [1.29, 1.82) is 0 Å². The van der Waals surface area contributed by atoms with Crippen molar-refractivity contribution in [3.05, 3.63) is 84.3 Å². The molecule has 170 valence electrons.